The summed E-state index contributed by atoms with van der Waals surface area (Å²) in [5, 5.41) is 9.03. The molecule has 0 radical (unpaired) electrons. The van der Waals surface area contributed by atoms with Crippen LogP contribution in [0.4, 0.5) is 0 Å². The maximum absolute atomic E-state index is 11.2. The lowest BCUT2D eigenvalue weighted by Crippen LogP contribution is -2.34. The van der Waals surface area contributed by atoms with Crippen molar-refractivity contribution in [3.05, 3.63) is 70.7 Å². The summed E-state index contributed by atoms with van der Waals surface area (Å²) in [4.78, 5) is 21.4. The third kappa shape index (κ3) is 8.88. The van der Waals surface area contributed by atoms with Gasteiger partial charge in [-0.3, -0.25) is 9.59 Å². The first-order valence-corrected chi connectivity index (χ1v) is 8.22. The van der Waals surface area contributed by atoms with Crippen molar-refractivity contribution in [2.75, 3.05) is 6.61 Å². The molecule has 3 N–H and O–H groups in total. The molecule has 1 atom stereocenters. The summed E-state index contributed by atoms with van der Waals surface area (Å²) < 4.78 is 4.81. The molecule has 2 aromatic rings. The largest absolute Gasteiger partial charge is 0.481 e. The Morgan fingerprint density at radius 1 is 1.08 bits per heavy atom. The summed E-state index contributed by atoms with van der Waals surface area (Å²) in [5.74, 6) is -1.16. The minimum Gasteiger partial charge on any atom is -0.481 e. The molecule has 0 aliphatic heterocycles. The minimum atomic E-state index is -0.827. The van der Waals surface area contributed by atoms with Gasteiger partial charge in [0.05, 0.1) is 13.0 Å². The summed E-state index contributed by atoms with van der Waals surface area (Å²) >= 11 is 5.60. The van der Waals surface area contributed by atoms with Crippen LogP contribution in [0, 0.1) is 0 Å². The van der Waals surface area contributed by atoms with E-state index >= 15 is 0 Å². The molecule has 6 heteroatoms. The highest BCUT2D eigenvalue weighted by Gasteiger charge is 2.14. The van der Waals surface area contributed by atoms with Gasteiger partial charge in [0.25, 0.3) is 0 Å². The summed E-state index contributed by atoms with van der Waals surface area (Å²) in [7, 11) is 0. The number of carboxylic acid groups (broad SMARTS) is 1. The molecule has 0 amide bonds. The van der Waals surface area contributed by atoms with E-state index in [2.05, 4.69) is 0 Å². The first kappa shape index (κ1) is 20.7. The average Bonchev–Trinajstić information content (AvgIpc) is 2.58. The van der Waals surface area contributed by atoms with Gasteiger partial charge in [-0.2, -0.15) is 0 Å². The molecule has 0 saturated carbocycles. The summed E-state index contributed by atoms with van der Waals surface area (Å²) in [6.07, 6.45) is 0.580. The third-order valence-electron chi connectivity index (χ3n) is 3.16. The van der Waals surface area contributed by atoms with Crippen LogP contribution in [0.15, 0.2) is 54.6 Å². The fourth-order valence-electron chi connectivity index (χ4n) is 1.98. The Bertz CT molecular complexity index is 659. The summed E-state index contributed by atoms with van der Waals surface area (Å²) in [6, 6.07) is 15.9. The van der Waals surface area contributed by atoms with Crippen LogP contribution in [0.5, 0.6) is 0 Å². The standard InChI is InChI=1S/C11H15NO2.C8H7ClO2/c1-2-14-11(13)10(12)8-9-6-4-3-5-7-9;9-7-3-1-6(2-4-7)5-8(10)11/h3-7,10H,2,8,12H2,1H3;1-4H,5H2,(H,10,11). The van der Waals surface area contributed by atoms with E-state index in [0.29, 0.717) is 18.1 Å². The highest BCUT2D eigenvalue weighted by atomic mass is 35.5. The molecule has 134 valence electrons. The van der Waals surface area contributed by atoms with Crippen molar-refractivity contribution >= 4 is 23.5 Å². The Morgan fingerprint density at radius 2 is 1.68 bits per heavy atom. The van der Waals surface area contributed by atoms with Crippen LogP contribution in [-0.2, 0) is 27.2 Å². The molecular formula is C19H22ClNO4. The van der Waals surface area contributed by atoms with Gasteiger partial charge in [-0.25, -0.2) is 0 Å². The Hall–Kier alpha value is -2.37. The zero-order chi connectivity index (χ0) is 18.7. The molecule has 2 rings (SSSR count). The summed E-state index contributed by atoms with van der Waals surface area (Å²) in [5.41, 5.74) is 7.48. The van der Waals surface area contributed by atoms with Crippen molar-refractivity contribution in [2.45, 2.75) is 25.8 Å². The van der Waals surface area contributed by atoms with Crippen molar-refractivity contribution < 1.29 is 19.4 Å². The molecule has 0 spiro atoms. The smallest absolute Gasteiger partial charge is 0.323 e. The molecule has 0 aliphatic rings. The second-order valence-corrected chi connectivity index (χ2v) is 5.68. The van der Waals surface area contributed by atoms with E-state index in [1.807, 2.05) is 30.3 Å². The fraction of sp³-hybridized carbons (Fsp3) is 0.263. The van der Waals surface area contributed by atoms with Crippen molar-refractivity contribution in [3.8, 4) is 0 Å². The number of nitrogens with two attached hydrogens (primary N) is 1. The molecule has 25 heavy (non-hydrogen) atoms. The average molecular weight is 364 g/mol. The Labute approximate surface area is 152 Å². The molecule has 0 fully saturated rings. The quantitative estimate of drug-likeness (QED) is 0.770. The number of carboxylic acids is 1. The molecule has 2 aromatic carbocycles. The zero-order valence-electron chi connectivity index (χ0n) is 14.0. The number of rotatable bonds is 6. The molecule has 0 aliphatic carbocycles. The van der Waals surface area contributed by atoms with Gasteiger partial charge in [-0.05, 0) is 36.6 Å². The zero-order valence-corrected chi connectivity index (χ0v) is 14.8. The van der Waals surface area contributed by atoms with Crippen molar-refractivity contribution in [2.24, 2.45) is 5.73 Å². The highest BCUT2D eigenvalue weighted by molar-refractivity contribution is 6.30. The highest BCUT2D eigenvalue weighted by Crippen LogP contribution is 2.09. The van der Waals surface area contributed by atoms with E-state index < -0.39 is 12.0 Å². The van der Waals surface area contributed by atoms with Crippen molar-refractivity contribution in [3.63, 3.8) is 0 Å². The van der Waals surface area contributed by atoms with Gasteiger partial charge in [-0.15, -0.1) is 0 Å². The molecule has 0 saturated heterocycles. The lowest BCUT2D eigenvalue weighted by molar-refractivity contribution is -0.144. The lowest BCUT2D eigenvalue weighted by Gasteiger charge is -2.09. The van der Waals surface area contributed by atoms with Crippen LogP contribution < -0.4 is 5.73 Å². The topological polar surface area (TPSA) is 89.6 Å². The first-order chi connectivity index (χ1) is 11.9. The van der Waals surface area contributed by atoms with Crippen LogP contribution in [0.2, 0.25) is 5.02 Å². The Balaban J connectivity index is 0.000000257. The van der Waals surface area contributed by atoms with E-state index in [4.69, 9.17) is 27.2 Å². The van der Waals surface area contributed by atoms with Crippen molar-refractivity contribution in [1.29, 1.82) is 0 Å². The van der Waals surface area contributed by atoms with Gasteiger partial charge in [0, 0.05) is 5.02 Å². The Kier molecular flexibility index (Phi) is 9.29. The third-order valence-corrected chi connectivity index (χ3v) is 3.41. The van der Waals surface area contributed by atoms with E-state index in [0.717, 1.165) is 11.1 Å². The molecule has 0 bridgehead atoms. The van der Waals surface area contributed by atoms with E-state index in [-0.39, 0.29) is 12.4 Å². The number of benzene rings is 2. The van der Waals surface area contributed by atoms with Crippen LogP contribution in [0.25, 0.3) is 0 Å². The Morgan fingerprint density at radius 3 is 2.20 bits per heavy atom. The second kappa shape index (κ2) is 11.2. The maximum atomic E-state index is 11.2. The minimum absolute atomic E-state index is 0.0527. The monoisotopic (exact) mass is 363 g/mol. The molecule has 5 nitrogen and oxygen atoms in total. The van der Waals surface area contributed by atoms with Gasteiger partial charge >= 0.3 is 11.9 Å². The first-order valence-electron chi connectivity index (χ1n) is 7.84. The molecule has 1 unspecified atom stereocenters. The second-order valence-electron chi connectivity index (χ2n) is 5.25. The molecule has 0 heterocycles. The number of hydrogen-bond acceptors (Lipinski definition) is 4. The molecule has 0 aromatic heterocycles. The molecular weight excluding hydrogens is 342 g/mol. The van der Waals surface area contributed by atoms with Crippen molar-refractivity contribution in [1.82, 2.24) is 0 Å². The fourth-order valence-corrected chi connectivity index (χ4v) is 2.10. The number of carbonyl (C=O) groups excluding carboxylic acids is 1. The van der Waals surface area contributed by atoms with Gasteiger partial charge in [-0.1, -0.05) is 54.1 Å². The van der Waals surface area contributed by atoms with Gasteiger partial charge < -0.3 is 15.6 Å². The van der Waals surface area contributed by atoms with E-state index in [1.54, 1.807) is 31.2 Å². The normalized spacial score (nSPS) is 11.0. The summed E-state index contributed by atoms with van der Waals surface area (Å²) in [6.45, 7) is 2.15. The van der Waals surface area contributed by atoms with E-state index in [9.17, 15) is 9.59 Å². The SMILES string of the molecule is CCOC(=O)C(N)Cc1ccccc1.O=C(O)Cc1ccc(Cl)cc1. The number of aliphatic carboxylic acids is 1. The van der Waals surface area contributed by atoms with Crippen LogP contribution in [0.1, 0.15) is 18.1 Å². The van der Waals surface area contributed by atoms with Crippen LogP contribution in [-0.4, -0.2) is 29.7 Å². The van der Waals surface area contributed by atoms with Gasteiger partial charge in [0.1, 0.15) is 6.04 Å². The predicted molar refractivity (Wildman–Crippen MR) is 97.5 cm³/mol. The number of hydrogen-bond donors (Lipinski definition) is 2. The number of carbonyl (C=O) groups is 2. The van der Waals surface area contributed by atoms with Gasteiger partial charge in [0.15, 0.2) is 0 Å². The van der Waals surface area contributed by atoms with E-state index in [1.165, 1.54) is 0 Å². The maximum Gasteiger partial charge on any atom is 0.323 e. The van der Waals surface area contributed by atoms with Crippen LogP contribution >= 0.6 is 11.6 Å². The lowest BCUT2D eigenvalue weighted by atomic mass is 10.1. The number of halogens is 1. The number of esters is 1. The van der Waals surface area contributed by atoms with Crippen LogP contribution in [0.3, 0.4) is 0 Å². The van der Waals surface area contributed by atoms with Gasteiger partial charge in [0.2, 0.25) is 0 Å². The number of ether oxygens (including phenoxy) is 1. The predicted octanol–water partition coefficient (Wildman–Crippen LogP) is 3.09.